The van der Waals surface area contributed by atoms with Crippen LogP contribution in [0.1, 0.15) is 18.2 Å². The minimum Gasteiger partial charge on any atom is -0.458 e. The molecule has 2 nitrogen and oxygen atoms in total. The lowest BCUT2D eigenvalue weighted by atomic mass is 9.93. The molecule has 0 aliphatic carbocycles. The van der Waals surface area contributed by atoms with Crippen molar-refractivity contribution in [3.05, 3.63) is 70.7 Å². The standard InChI is InChI=1S/C16H12ClFO2/c1-16(19,11-2-5-13(18)6-3-11)15-9-10-8-12(17)4-7-14(10)20-15/h2-9,19H,1H3. The fraction of sp³-hybridized carbons (Fsp3) is 0.125. The summed E-state index contributed by atoms with van der Waals surface area (Å²) in [4.78, 5) is 0. The summed E-state index contributed by atoms with van der Waals surface area (Å²) in [6.45, 7) is 1.61. The predicted octanol–water partition coefficient (Wildman–Crippen LogP) is 4.48. The molecule has 0 aliphatic heterocycles. The largest absolute Gasteiger partial charge is 0.458 e. The third kappa shape index (κ3) is 2.19. The second-order valence-electron chi connectivity index (χ2n) is 4.87. The van der Waals surface area contributed by atoms with Crippen molar-refractivity contribution < 1.29 is 13.9 Å². The molecule has 0 saturated carbocycles. The molecule has 1 N–H and O–H groups in total. The van der Waals surface area contributed by atoms with Gasteiger partial charge in [-0.1, -0.05) is 23.7 Å². The summed E-state index contributed by atoms with van der Waals surface area (Å²) in [6, 6.07) is 12.7. The normalized spacial score (nSPS) is 14.4. The Labute approximate surface area is 120 Å². The van der Waals surface area contributed by atoms with Crippen LogP contribution in [0.5, 0.6) is 0 Å². The molecule has 1 aromatic heterocycles. The third-order valence-electron chi connectivity index (χ3n) is 3.36. The number of aliphatic hydroxyl groups is 1. The van der Waals surface area contributed by atoms with Gasteiger partial charge in [-0.3, -0.25) is 0 Å². The average Bonchev–Trinajstić information content (AvgIpc) is 2.83. The van der Waals surface area contributed by atoms with Crippen LogP contribution in [0, 0.1) is 5.82 Å². The van der Waals surface area contributed by atoms with Crippen LogP contribution >= 0.6 is 11.6 Å². The lowest BCUT2D eigenvalue weighted by Gasteiger charge is -2.21. The van der Waals surface area contributed by atoms with Crippen molar-refractivity contribution in [3.8, 4) is 0 Å². The van der Waals surface area contributed by atoms with Crippen molar-refractivity contribution in [2.45, 2.75) is 12.5 Å². The van der Waals surface area contributed by atoms with E-state index in [-0.39, 0.29) is 5.82 Å². The van der Waals surface area contributed by atoms with Crippen LogP contribution in [0.4, 0.5) is 4.39 Å². The molecule has 0 radical (unpaired) electrons. The third-order valence-corrected chi connectivity index (χ3v) is 3.60. The molecule has 102 valence electrons. The number of halogens is 2. The fourth-order valence-electron chi connectivity index (χ4n) is 2.17. The van der Waals surface area contributed by atoms with Crippen LogP contribution < -0.4 is 0 Å². The van der Waals surface area contributed by atoms with Gasteiger partial charge in [0.15, 0.2) is 0 Å². The molecule has 1 atom stereocenters. The van der Waals surface area contributed by atoms with E-state index >= 15 is 0 Å². The van der Waals surface area contributed by atoms with E-state index in [1.807, 2.05) is 0 Å². The smallest absolute Gasteiger partial charge is 0.144 e. The Bertz CT molecular complexity index is 760. The molecule has 0 amide bonds. The van der Waals surface area contributed by atoms with Crippen LogP contribution in [0.2, 0.25) is 5.02 Å². The second-order valence-corrected chi connectivity index (χ2v) is 5.31. The SMILES string of the molecule is CC(O)(c1ccc(F)cc1)c1cc2cc(Cl)ccc2o1. The minimum absolute atomic E-state index is 0.346. The zero-order valence-corrected chi connectivity index (χ0v) is 11.5. The van der Waals surface area contributed by atoms with Gasteiger partial charge in [-0.2, -0.15) is 0 Å². The molecule has 3 aromatic rings. The zero-order valence-electron chi connectivity index (χ0n) is 10.7. The molecule has 0 aliphatic rings. The van der Waals surface area contributed by atoms with E-state index in [0.29, 0.717) is 21.9 Å². The summed E-state index contributed by atoms with van der Waals surface area (Å²) in [6.07, 6.45) is 0. The quantitative estimate of drug-likeness (QED) is 0.755. The molecule has 0 fully saturated rings. The van der Waals surface area contributed by atoms with Crippen molar-refractivity contribution in [2.75, 3.05) is 0 Å². The van der Waals surface area contributed by atoms with E-state index in [1.54, 1.807) is 31.2 Å². The van der Waals surface area contributed by atoms with E-state index in [4.69, 9.17) is 16.0 Å². The summed E-state index contributed by atoms with van der Waals surface area (Å²) in [7, 11) is 0. The topological polar surface area (TPSA) is 33.4 Å². The summed E-state index contributed by atoms with van der Waals surface area (Å²) in [5.41, 5.74) is -0.130. The number of furan rings is 1. The number of rotatable bonds is 2. The molecular formula is C16H12ClFO2. The first-order valence-electron chi connectivity index (χ1n) is 6.15. The maximum atomic E-state index is 13.0. The zero-order chi connectivity index (χ0) is 14.3. The van der Waals surface area contributed by atoms with Crippen molar-refractivity contribution in [2.24, 2.45) is 0 Å². The Morgan fingerprint density at radius 3 is 2.50 bits per heavy atom. The lowest BCUT2D eigenvalue weighted by Crippen LogP contribution is -2.21. The molecule has 0 spiro atoms. The van der Waals surface area contributed by atoms with Gasteiger partial charge in [-0.05, 0) is 48.9 Å². The van der Waals surface area contributed by atoms with E-state index in [9.17, 15) is 9.50 Å². The first-order chi connectivity index (χ1) is 9.46. The predicted molar refractivity (Wildman–Crippen MR) is 76.3 cm³/mol. The second kappa shape index (κ2) is 4.62. The fourth-order valence-corrected chi connectivity index (χ4v) is 2.35. The van der Waals surface area contributed by atoms with Gasteiger partial charge < -0.3 is 9.52 Å². The highest BCUT2D eigenvalue weighted by Crippen LogP contribution is 2.34. The van der Waals surface area contributed by atoms with Gasteiger partial charge in [-0.15, -0.1) is 0 Å². The Hall–Kier alpha value is -1.84. The number of hydrogen-bond donors (Lipinski definition) is 1. The van der Waals surface area contributed by atoms with Gasteiger partial charge in [0.1, 0.15) is 22.8 Å². The van der Waals surface area contributed by atoms with Crippen molar-refractivity contribution in [1.82, 2.24) is 0 Å². The van der Waals surface area contributed by atoms with E-state index in [0.717, 1.165) is 5.39 Å². The van der Waals surface area contributed by atoms with Crippen LogP contribution in [0.15, 0.2) is 52.9 Å². The first-order valence-corrected chi connectivity index (χ1v) is 6.52. The highest BCUT2D eigenvalue weighted by Gasteiger charge is 2.29. The Kier molecular flexibility index (Phi) is 3.04. The summed E-state index contributed by atoms with van der Waals surface area (Å²) in [5, 5.41) is 12.1. The van der Waals surface area contributed by atoms with E-state index < -0.39 is 5.60 Å². The van der Waals surface area contributed by atoms with Crippen LogP contribution in [0.25, 0.3) is 11.0 Å². The summed E-state index contributed by atoms with van der Waals surface area (Å²) < 4.78 is 18.6. The summed E-state index contributed by atoms with van der Waals surface area (Å²) >= 11 is 5.93. The number of benzene rings is 2. The maximum Gasteiger partial charge on any atom is 0.144 e. The molecule has 3 rings (SSSR count). The van der Waals surface area contributed by atoms with Crippen molar-refractivity contribution in [1.29, 1.82) is 0 Å². The summed E-state index contributed by atoms with van der Waals surface area (Å²) in [5.74, 6) is 0.0438. The van der Waals surface area contributed by atoms with Gasteiger partial charge >= 0.3 is 0 Å². The highest BCUT2D eigenvalue weighted by molar-refractivity contribution is 6.31. The van der Waals surface area contributed by atoms with E-state index in [1.165, 1.54) is 24.3 Å². The van der Waals surface area contributed by atoms with Crippen molar-refractivity contribution in [3.63, 3.8) is 0 Å². The van der Waals surface area contributed by atoms with Crippen LogP contribution in [0.3, 0.4) is 0 Å². The van der Waals surface area contributed by atoms with Crippen molar-refractivity contribution >= 4 is 22.6 Å². The Morgan fingerprint density at radius 2 is 1.80 bits per heavy atom. The van der Waals surface area contributed by atoms with Gasteiger partial charge in [0.25, 0.3) is 0 Å². The van der Waals surface area contributed by atoms with E-state index in [2.05, 4.69) is 0 Å². The first kappa shape index (κ1) is 13.2. The maximum absolute atomic E-state index is 13.0. The lowest BCUT2D eigenvalue weighted by molar-refractivity contribution is 0.0786. The number of fused-ring (bicyclic) bond motifs is 1. The molecule has 0 bridgehead atoms. The Morgan fingerprint density at radius 1 is 1.10 bits per heavy atom. The monoisotopic (exact) mass is 290 g/mol. The minimum atomic E-state index is -1.33. The molecule has 1 unspecified atom stereocenters. The molecule has 2 aromatic carbocycles. The Balaban J connectivity index is 2.10. The molecule has 0 saturated heterocycles. The number of hydrogen-bond acceptors (Lipinski definition) is 2. The molecule has 1 heterocycles. The molecule has 20 heavy (non-hydrogen) atoms. The van der Waals surface area contributed by atoms with Gasteiger partial charge in [0.05, 0.1) is 0 Å². The van der Waals surface area contributed by atoms with Crippen LogP contribution in [-0.4, -0.2) is 5.11 Å². The molecular weight excluding hydrogens is 279 g/mol. The van der Waals surface area contributed by atoms with Crippen LogP contribution in [-0.2, 0) is 5.60 Å². The molecule has 4 heteroatoms. The highest BCUT2D eigenvalue weighted by atomic mass is 35.5. The van der Waals surface area contributed by atoms with Gasteiger partial charge in [-0.25, -0.2) is 4.39 Å². The van der Waals surface area contributed by atoms with Gasteiger partial charge in [0.2, 0.25) is 0 Å². The average molecular weight is 291 g/mol. The van der Waals surface area contributed by atoms with Gasteiger partial charge in [0, 0.05) is 10.4 Å².